The number of carbonyl (C=O) groups excluding carboxylic acids is 2. The van der Waals surface area contributed by atoms with Gasteiger partial charge in [-0.3, -0.25) is 13.9 Å². The van der Waals surface area contributed by atoms with Gasteiger partial charge in [0.15, 0.2) is 0 Å². The Labute approximate surface area is 204 Å². The number of anilines is 1. The maximum Gasteiger partial charge on any atom is 0.244 e. The molecule has 0 saturated carbocycles. The fraction of sp³-hybridized carbons (Fsp3) is 0.391. The van der Waals surface area contributed by atoms with Crippen LogP contribution >= 0.6 is 15.9 Å². The third-order valence-corrected chi connectivity index (χ3v) is 7.17. The molecule has 0 bridgehead atoms. The maximum atomic E-state index is 13.4. The number of amides is 2. The Morgan fingerprint density at radius 1 is 1.15 bits per heavy atom. The molecular weight excluding hydrogens is 510 g/mol. The zero-order valence-corrected chi connectivity index (χ0v) is 21.9. The number of sulfonamides is 1. The van der Waals surface area contributed by atoms with Gasteiger partial charge < -0.3 is 15.0 Å². The van der Waals surface area contributed by atoms with Crippen LogP contribution in [0.3, 0.4) is 0 Å². The molecule has 8 nitrogen and oxygen atoms in total. The number of benzene rings is 2. The molecule has 1 atom stereocenters. The van der Waals surface area contributed by atoms with Crippen LogP contribution in [0, 0.1) is 6.92 Å². The lowest BCUT2D eigenvalue weighted by molar-refractivity contribution is -0.139. The Kier molecular flexibility index (Phi) is 9.30. The van der Waals surface area contributed by atoms with Crippen molar-refractivity contribution in [3.63, 3.8) is 0 Å². The number of methoxy groups -OCH3 is 1. The molecule has 10 heteroatoms. The van der Waals surface area contributed by atoms with Crippen LogP contribution in [0.1, 0.15) is 25.0 Å². The van der Waals surface area contributed by atoms with Crippen LogP contribution in [0.4, 0.5) is 5.69 Å². The SMILES string of the molecule is CCNC(=O)C(C)N(Cc1ccc(OC)cc1)C(=O)CN(c1ccc(Br)c(C)c1)S(C)(=O)=O. The van der Waals surface area contributed by atoms with Gasteiger partial charge in [0, 0.05) is 17.6 Å². The van der Waals surface area contributed by atoms with Crippen LogP contribution in [0.2, 0.25) is 0 Å². The number of hydrogen-bond donors (Lipinski definition) is 1. The normalized spacial score (nSPS) is 12.1. The zero-order valence-electron chi connectivity index (χ0n) is 19.5. The lowest BCUT2D eigenvalue weighted by atomic mass is 10.1. The number of aryl methyl sites for hydroxylation is 1. The standard InChI is InChI=1S/C23H30BrN3O5S/c1-6-25-23(29)17(3)26(14-18-7-10-20(32-4)11-8-18)22(28)15-27(33(5,30)31)19-9-12-21(24)16(2)13-19/h7-13,17H,6,14-15H2,1-5H3,(H,25,29). The fourth-order valence-corrected chi connectivity index (χ4v) is 4.32. The van der Waals surface area contributed by atoms with E-state index in [2.05, 4.69) is 21.2 Å². The van der Waals surface area contributed by atoms with Crippen LogP contribution < -0.4 is 14.4 Å². The zero-order chi connectivity index (χ0) is 24.8. The van der Waals surface area contributed by atoms with E-state index in [0.29, 0.717) is 18.0 Å². The third kappa shape index (κ3) is 7.20. The molecule has 1 N–H and O–H groups in total. The van der Waals surface area contributed by atoms with Gasteiger partial charge in [0.25, 0.3) is 0 Å². The van der Waals surface area contributed by atoms with E-state index in [1.165, 1.54) is 4.90 Å². The van der Waals surface area contributed by atoms with Gasteiger partial charge in [0.1, 0.15) is 18.3 Å². The highest BCUT2D eigenvalue weighted by Gasteiger charge is 2.30. The molecule has 0 aliphatic carbocycles. The van der Waals surface area contributed by atoms with Gasteiger partial charge in [-0.1, -0.05) is 28.1 Å². The summed E-state index contributed by atoms with van der Waals surface area (Å²) in [6, 6.07) is 11.4. The van der Waals surface area contributed by atoms with Crippen molar-refractivity contribution < 1.29 is 22.7 Å². The summed E-state index contributed by atoms with van der Waals surface area (Å²) < 4.78 is 32.2. The van der Waals surface area contributed by atoms with E-state index in [1.54, 1.807) is 63.4 Å². The molecule has 0 heterocycles. The first kappa shape index (κ1) is 26.7. The summed E-state index contributed by atoms with van der Waals surface area (Å²) >= 11 is 3.40. The largest absolute Gasteiger partial charge is 0.497 e. The summed E-state index contributed by atoms with van der Waals surface area (Å²) in [5.74, 6) is -0.136. The van der Waals surface area contributed by atoms with Gasteiger partial charge in [-0.15, -0.1) is 0 Å². The minimum Gasteiger partial charge on any atom is -0.497 e. The summed E-state index contributed by atoms with van der Waals surface area (Å²) in [6.07, 6.45) is 1.05. The van der Waals surface area contributed by atoms with Crippen molar-refractivity contribution in [1.82, 2.24) is 10.2 Å². The van der Waals surface area contributed by atoms with Crippen molar-refractivity contribution >= 4 is 43.5 Å². The summed E-state index contributed by atoms with van der Waals surface area (Å²) in [4.78, 5) is 27.3. The molecule has 2 rings (SSSR count). The molecule has 180 valence electrons. The average Bonchev–Trinajstić information content (AvgIpc) is 2.77. The summed E-state index contributed by atoms with van der Waals surface area (Å²) in [5.41, 5.74) is 1.99. The topological polar surface area (TPSA) is 96.0 Å². The molecule has 0 aliphatic rings. The quantitative estimate of drug-likeness (QED) is 0.500. The van der Waals surface area contributed by atoms with Crippen molar-refractivity contribution in [3.05, 3.63) is 58.1 Å². The minimum atomic E-state index is -3.76. The Balaban J connectivity index is 2.39. The van der Waals surface area contributed by atoms with Gasteiger partial charge in [-0.2, -0.15) is 0 Å². The monoisotopic (exact) mass is 539 g/mol. The summed E-state index contributed by atoms with van der Waals surface area (Å²) in [6.45, 7) is 5.38. The Bertz CT molecular complexity index is 1090. The molecular formula is C23H30BrN3O5S. The molecule has 0 radical (unpaired) electrons. The van der Waals surface area contributed by atoms with Gasteiger partial charge in [0.2, 0.25) is 21.8 Å². The molecule has 33 heavy (non-hydrogen) atoms. The van der Waals surface area contributed by atoms with E-state index in [-0.39, 0.29) is 12.5 Å². The van der Waals surface area contributed by atoms with Gasteiger partial charge in [0.05, 0.1) is 19.1 Å². The predicted molar refractivity (Wildman–Crippen MR) is 133 cm³/mol. The first-order valence-electron chi connectivity index (χ1n) is 10.4. The first-order valence-corrected chi connectivity index (χ1v) is 13.1. The minimum absolute atomic E-state index is 0.137. The fourth-order valence-electron chi connectivity index (χ4n) is 3.23. The van der Waals surface area contributed by atoms with E-state index in [4.69, 9.17) is 4.74 Å². The molecule has 2 aromatic carbocycles. The van der Waals surface area contributed by atoms with Crippen LogP contribution in [-0.2, 0) is 26.2 Å². The molecule has 2 amide bonds. The highest BCUT2D eigenvalue weighted by Crippen LogP contribution is 2.25. The van der Waals surface area contributed by atoms with E-state index in [0.717, 1.165) is 26.2 Å². The van der Waals surface area contributed by atoms with Crippen molar-refractivity contribution in [2.24, 2.45) is 0 Å². The second-order valence-corrected chi connectivity index (χ2v) is 10.4. The lowest BCUT2D eigenvalue weighted by Crippen LogP contribution is -2.51. The van der Waals surface area contributed by atoms with Crippen molar-refractivity contribution in [1.29, 1.82) is 0 Å². The average molecular weight is 540 g/mol. The van der Waals surface area contributed by atoms with Crippen LogP contribution in [-0.4, -0.2) is 57.6 Å². The number of ether oxygens (including phenoxy) is 1. The second-order valence-electron chi connectivity index (χ2n) is 7.64. The maximum absolute atomic E-state index is 13.4. The van der Waals surface area contributed by atoms with Gasteiger partial charge in [-0.05, 0) is 62.2 Å². The van der Waals surface area contributed by atoms with E-state index >= 15 is 0 Å². The molecule has 0 aromatic heterocycles. The van der Waals surface area contributed by atoms with Crippen LogP contribution in [0.15, 0.2) is 46.9 Å². The smallest absolute Gasteiger partial charge is 0.244 e. The molecule has 0 saturated heterocycles. The molecule has 0 aliphatic heterocycles. The number of halogens is 1. The van der Waals surface area contributed by atoms with E-state index in [9.17, 15) is 18.0 Å². The number of carbonyl (C=O) groups is 2. The van der Waals surface area contributed by atoms with Crippen molar-refractivity contribution in [2.45, 2.75) is 33.4 Å². The summed E-state index contributed by atoms with van der Waals surface area (Å²) in [5, 5.41) is 2.72. The number of nitrogens with zero attached hydrogens (tertiary/aromatic N) is 2. The molecule has 0 spiro atoms. The number of hydrogen-bond acceptors (Lipinski definition) is 5. The third-order valence-electron chi connectivity index (χ3n) is 5.14. The molecule has 1 unspecified atom stereocenters. The molecule has 2 aromatic rings. The lowest BCUT2D eigenvalue weighted by Gasteiger charge is -2.31. The van der Waals surface area contributed by atoms with E-state index in [1.807, 2.05) is 6.92 Å². The highest BCUT2D eigenvalue weighted by atomic mass is 79.9. The highest BCUT2D eigenvalue weighted by molar-refractivity contribution is 9.10. The van der Waals surface area contributed by atoms with Crippen molar-refractivity contribution in [2.75, 3.05) is 30.8 Å². The van der Waals surface area contributed by atoms with Crippen LogP contribution in [0.5, 0.6) is 5.75 Å². The van der Waals surface area contributed by atoms with Gasteiger partial charge in [-0.25, -0.2) is 8.42 Å². The van der Waals surface area contributed by atoms with Gasteiger partial charge >= 0.3 is 0 Å². The summed E-state index contributed by atoms with van der Waals surface area (Å²) in [7, 11) is -2.20. The number of likely N-dealkylation sites (N-methyl/N-ethyl adjacent to an activating group) is 1. The second kappa shape index (κ2) is 11.5. The first-order chi connectivity index (χ1) is 15.5. The molecule has 0 fully saturated rings. The Hall–Kier alpha value is -2.59. The van der Waals surface area contributed by atoms with Crippen molar-refractivity contribution in [3.8, 4) is 5.75 Å². The van der Waals surface area contributed by atoms with Crippen LogP contribution in [0.25, 0.3) is 0 Å². The number of nitrogens with one attached hydrogen (secondary N) is 1. The predicted octanol–water partition coefficient (Wildman–Crippen LogP) is 3.09. The number of rotatable bonds is 10. The Morgan fingerprint density at radius 3 is 2.30 bits per heavy atom. The Morgan fingerprint density at radius 2 is 1.79 bits per heavy atom. The van der Waals surface area contributed by atoms with E-state index < -0.39 is 28.5 Å².